The van der Waals surface area contributed by atoms with Gasteiger partial charge in [-0.3, -0.25) is 9.52 Å². The van der Waals surface area contributed by atoms with Gasteiger partial charge in [-0.15, -0.1) is 0 Å². The molecule has 1 N–H and O–H groups in total. The molecule has 1 unspecified atom stereocenters. The molecule has 2 aromatic rings. The van der Waals surface area contributed by atoms with Crippen LogP contribution in [0.2, 0.25) is 10.0 Å². The van der Waals surface area contributed by atoms with Crippen molar-refractivity contribution in [2.75, 3.05) is 21.4 Å². The molecule has 3 rings (SSSR count). The third kappa shape index (κ3) is 4.36. The molecule has 1 aliphatic heterocycles. The predicted molar refractivity (Wildman–Crippen MR) is 115 cm³/mol. The van der Waals surface area contributed by atoms with E-state index in [2.05, 4.69) is 4.72 Å². The van der Waals surface area contributed by atoms with Gasteiger partial charge in [0.15, 0.2) is 0 Å². The van der Waals surface area contributed by atoms with Gasteiger partial charge in [0.1, 0.15) is 10.6 Å². The Labute approximate surface area is 184 Å². The molecule has 0 aliphatic carbocycles. The molecule has 1 heterocycles. The van der Waals surface area contributed by atoms with Crippen LogP contribution in [0.25, 0.3) is 0 Å². The van der Waals surface area contributed by atoms with E-state index >= 15 is 0 Å². The summed E-state index contributed by atoms with van der Waals surface area (Å²) in [4.78, 5) is 12.0. The summed E-state index contributed by atoms with van der Waals surface area (Å²) in [7, 11) is -8.18. The van der Waals surface area contributed by atoms with E-state index in [0.717, 1.165) is 6.07 Å². The van der Waals surface area contributed by atoms with Crippen molar-refractivity contribution in [2.24, 2.45) is 5.92 Å². The molecule has 2 aromatic carbocycles. The fourth-order valence-electron chi connectivity index (χ4n) is 2.97. The molecule has 162 valence electrons. The zero-order chi connectivity index (χ0) is 22.3. The van der Waals surface area contributed by atoms with E-state index in [4.69, 9.17) is 27.9 Å². The second-order valence-electron chi connectivity index (χ2n) is 6.58. The summed E-state index contributed by atoms with van der Waals surface area (Å²) in [6.07, 6.45) is 0. The number of carbonyl (C=O) groups is 1. The van der Waals surface area contributed by atoms with Crippen LogP contribution in [0.1, 0.15) is 13.8 Å². The summed E-state index contributed by atoms with van der Waals surface area (Å²) >= 11 is 12.0. The number of benzene rings is 2. The van der Waals surface area contributed by atoms with Crippen LogP contribution in [-0.4, -0.2) is 35.1 Å². The maximum Gasteiger partial charge on any atom is 0.265 e. The van der Waals surface area contributed by atoms with Gasteiger partial charge in [0.05, 0.1) is 34.7 Å². The SMILES string of the molecule is CCOc1ccc(N2C(=O)C(C)CS2(=O)=O)cc1S(=O)(=O)Nc1cc(Cl)ccc1Cl. The molecular formula is C18H18Cl2N2O6S2. The van der Waals surface area contributed by atoms with Crippen LogP contribution in [0.15, 0.2) is 41.3 Å². The van der Waals surface area contributed by atoms with Gasteiger partial charge in [-0.2, -0.15) is 0 Å². The van der Waals surface area contributed by atoms with Crippen LogP contribution in [0, 0.1) is 5.92 Å². The fraction of sp³-hybridized carbons (Fsp3) is 0.278. The van der Waals surface area contributed by atoms with Gasteiger partial charge in [-0.1, -0.05) is 30.1 Å². The zero-order valence-electron chi connectivity index (χ0n) is 15.9. The molecule has 1 aliphatic rings. The van der Waals surface area contributed by atoms with Gasteiger partial charge in [-0.25, -0.2) is 21.1 Å². The number of amides is 1. The number of ether oxygens (including phenoxy) is 1. The molecule has 0 aromatic heterocycles. The number of nitrogens with zero attached hydrogens (tertiary/aromatic N) is 1. The van der Waals surface area contributed by atoms with Crippen molar-refractivity contribution < 1.29 is 26.4 Å². The van der Waals surface area contributed by atoms with Gasteiger partial charge in [0.25, 0.3) is 10.0 Å². The van der Waals surface area contributed by atoms with Crippen LogP contribution < -0.4 is 13.8 Å². The highest BCUT2D eigenvalue weighted by Gasteiger charge is 2.42. The Morgan fingerprint density at radius 3 is 2.50 bits per heavy atom. The minimum atomic E-state index is -4.28. The summed E-state index contributed by atoms with van der Waals surface area (Å²) in [5.74, 6) is -1.72. The quantitative estimate of drug-likeness (QED) is 0.660. The topological polar surface area (TPSA) is 110 Å². The Bertz CT molecular complexity index is 1220. The fourth-order valence-corrected chi connectivity index (χ4v) is 6.41. The van der Waals surface area contributed by atoms with Crippen LogP contribution in [0.5, 0.6) is 5.75 Å². The molecule has 8 nitrogen and oxygen atoms in total. The molecule has 0 saturated carbocycles. The van der Waals surface area contributed by atoms with Crippen LogP contribution in [-0.2, 0) is 24.8 Å². The Hall–Kier alpha value is -2.01. The Morgan fingerprint density at radius 2 is 1.90 bits per heavy atom. The summed E-state index contributed by atoms with van der Waals surface area (Å²) in [6, 6.07) is 7.97. The highest BCUT2D eigenvalue weighted by molar-refractivity contribution is 7.94. The third-order valence-electron chi connectivity index (χ3n) is 4.28. The monoisotopic (exact) mass is 492 g/mol. The second kappa shape index (κ2) is 8.26. The predicted octanol–water partition coefficient (Wildman–Crippen LogP) is 3.51. The van der Waals surface area contributed by atoms with E-state index in [1.807, 2.05) is 0 Å². The number of anilines is 2. The van der Waals surface area contributed by atoms with Gasteiger partial charge in [0.2, 0.25) is 15.9 Å². The number of carbonyl (C=O) groups excluding carboxylic acids is 1. The molecule has 1 atom stereocenters. The maximum absolute atomic E-state index is 13.1. The largest absolute Gasteiger partial charge is 0.492 e. The van der Waals surface area contributed by atoms with Crippen LogP contribution in [0.4, 0.5) is 11.4 Å². The Balaban J connectivity index is 2.11. The lowest BCUT2D eigenvalue weighted by Crippen LogP contribution is -2.30. The lowest BCUT2D eigenvalue weighted by molar-refractivity contribution is -0.119. The molecule has 0 spiro atoms. The van der Waals surface area contributed by atoms with E-state index in [9.17, 15) is 21.6 Å². The molecule has 1 amide bonds. The van der Waals surface area contributed by atoms with E-state index in [-0.39, 0.29) is 44.4 Å². The maximum atomic E-state index is 13.1. The Kier molecular flexibility index (Phi) is 6.24. The molecule has 1 saturated heterocycles. The molecular weight excluding hydrogens is 475 g/mol. The van der Waals surface area contributed by atoms with Crippen molar-refractivity contribution in [3.63, 3.8) is 0 Å². The second-order valence-corrected chi connectivity index (χ2v) is 10.9. The third-order valence-corrected chi connectivity index (χ3v) is 8.10. The van der Waals surface area contributed by atoms with Crippen molar-refractivity contribution in [3.05, 3.63) is 46.4 Å². The number of hydrogen-bond donors (Lipinski definition) is 1. The molecule has 0 radical (unpaired) electrons. The van der Waals surface area contributed by atoms with Gasteiger partial charge in [0, 0.05) is 5.02 Å². The van der Waals surface area contributed by atoms with Gasteiger partial charge in [-0.05, 0) is 43.3 Å². The lowest BCUT2D eigenvalue weighted by Gasteiger charge is -2.19. The molecule has 30 heavy (non-hydrogen) atoms. The van der Waals surface area contributed by atoms with Crippen LogP contribution in [0.3, 0.4) is 0 Å². The minimum Gasteiger partial charge on any atom is -0.492 e. The Morgan fingerprint density at radius 1 is 1.20 bits per heavy atom. The zero-order valence-corrected chi connectivity index (χ0v) is 19.1. The highest BCUT2D eigenvalue weighted by Crippen LogP contribution is 2.36. The van der Waals surface area contributed by atoms with Crippen molar-refractivity contribution in [2.45, 2.75) is 18.7 Å². The minimum absolute atomic E-state index is 0.0102. The number of halogens is 2. The first-order valence-electron chi connectivity index (χ1n) is 8.78. The van der Waals surface area contributed by atoms with E-state index in [1.54, 1.807) is 6.92 Å². The van der Waals surface area contributed by atoms with E-state index < -0.39 is 31.9 Å². The molecule has 0 bridgehead atoms. The highest BCUT2D eigenvalue weighted by atomic mass is 35.5. The van der Waals surface area contributed by atoms with Gasteiger partial charge < -0.3 is 4.74 Å². The van der Waals surface area contributed by atoms with Crippen LogP contribution >= 0.6 is 23.2 Å². The normalized spacial score (nSPS) is 18.5. The van der Waals surface area contributed by atoms with Crippen molar-refractivity contribution >= 4 is 60.5 Å². The first-order valence-corrected chi connectivity index (χ1v) is 12.6. The summed E-state index contributed by atoms with van der Waals surface area (Å²) < 4.78 is 59.3. The average Bonchev–Trinajstić information content (AvgIpc) is 2.85. The number of rotatable bonds is 6. The van der Waals surface area contributed by atoms with Crippen molar-refractivity contribution in [1.82, 2.24) is 0 Å². The van der Waals surface area contributed by atoms with Crippen molar-refractivity contribution in [1.29, 1.82) is 0 Å². The number of nitrogens with one attached hydrogen (secondary N) is 1. The lowest BCUT2D eigenvalue weighted by atomic mass is 10.2. The summed E-state index contributed by atoms with van der Waals surface area (Å²) in [5.41, 5.74) is -0.0547. The summed E-state index contributed by atoms with van der Waals surface area (Å²) in [6.45, 7) is 3.33. The first kappa shape index (κ1) is 22.7. The number of sulfonamides is 2. The van der Waals surface area contributed by atoms with Crippen molar-refractivity contribution in [3.8, 4) is 5.75 Å². The number of hydrogen-bond acceptors (Lipinski definition) is 6. The van der Waals surface area contributed by atoms with E-state index in [1.165, 1.54) is 37.3 Å². The summed E-state index contributed by atoms with van der Waals surface area (Å²) in [5, 5.41) is 0.377. The smallest absolute Gasteiger partial charge is 0.265 e. The standard InChI is InChI=1S/C18H18Cl2N2O6S2/c1-3-28-16-7-5-13(22-18(23)11(2)10-29(22,24)25)9-17(16)30(26,27)21-15-8-12(19)4-6-14(15)20/h4-9,11,21H,3,10H2,1-2H3. The average molecular weight is 493 g/mol. The molecule has 1 fully saturated rings. The first-order chi connectivity index (χ1) is 14.0. The van der Waals surface area contributed by atoms with E-state index in [0.29, 0.717) is 4.31 Å². The molecule has 12 heteroatoms. The van der Waals surface area contributed by atoms with Gasteiger partial charge >= 0.3 is 0 Å².